The molecule has 0 aliphatic carbocycles. The average Bonchev–Trinajstić information content (AvgIpc) is 2.49. The molecule has 1 N–H and O–H groups in total. The molecule has 1 aliphatic rings. The van der Waals surface area contributed by atoms with E-state index >= 15 is 0 Å². The molecule has 112 valence electrons. The summed E-state index contributed by atoms with van der Waals surface area (Å²) in [5.74, 6) is 0.756. The zero-order chi connectivity index (χ0) is 14.5. The second-order valence-corrected chi connectivity index (χ2v) is 5.59. The minimum Gasteiger partial charge on any atom is -0.504 e. The molecule has 0 amide bonds. The van der Waals surface area contributed by atoms with Crippen LogP contribution in [0.3, 0.4) is 0 Å². The summed E-state index contributed by atoms with van der Waals surface area (Å²) in [6.07, 6.45) is 2.47. The number of phenols is 1. The van der Waals surface area contributed by atoms with Gasteiger partial charge in [0.25, 0.3) is 0 Å². The topological polar surface area (TPSA) is 35.9 Å². The first kappa shape index (κ1) is 15.1. The molecule has 4 heteroatoms. The van der Waals surface area contributed by atoms with E-state index in [1.807, 2.05) is 12.1 Å². The lowest BCUT2D eigenvalue weighted by Crippen LogP contribution is -2.42. The van der Waals surface area contributed by atoms with Gasteiger partial charge in [0.2, 0.25) is 0 Å². The van der Waals surface area contributed by atoms with Gasteiger partial charge in [-0.3, -0.25) is 4.90 Å². The number of ether oxygens (including phenoxy) is 1. The summed E-state index contributed by atoms with van der Waals surface area (Å²) in [5, 5.41) is 9.63. The number of methoxy groups -OCH3 is 1. The number of aromatic hydroxyl groups is 1. The van der Waals surface area contributed by atoms with Crippen LogP contribution in [0.15, 0.2) is 18.2 Å². The monoisotopic (exact) mass is 278 g/mol. The van der Waals surface area contributed by atoms with Gasteiger partial charge in [0.1, 0.15) is 0 Å². The van der Waals surface area contributed by atoms with Gasteiger partial charge in [0, 0.05) is 12.6 Å². The number of nitrogens with zero attached hydrogens (tertiary/aromatic N) is 2. The van der Waals surface area contributed by atoms with Gasteiger partial charge in [-0.25, -0.2) is 0 Å². The van der Waals surface area contributed by atoms with Gasteiger partial charge in [0.15, 0.2) is 11.5 Å². The van der Waals surface area contributed by atoms with E-state index in [4.69, 9.17) is 4.74 Å². The second-order valence-electron chi connectivity index (χ2n) is 5.59. The van der Waals surface area contributed by atoms with Crippen molar-refractivity contribution in [3.63, 3.8) is 0 Å². The number of phenolic OH excluding ortho intramolecular Hbond substituents is 1. The fraction of sp³-hybridized carbons (Fsp3) is 0.625. The third-order valence-corrected chi connectivity index (χ3v) is 4.30. The first-order chi connectivity index (χ1) is 9.63. The Hall–Kier alpha value is -1.26. The first-order valence-corrected chi connectivity index (χ1v) is 7.42. The molecular formula is C16H26N2O2. The molecule has 0 saturated carbocycles. The lowest BCUT2D eigenvalue weighted by atomic mass is 10.0. The Balaban J connectivity index is 1.93. The molecular weight excluding hydrogens is 252 g/mol. The number of piperidine rings is 1. The largest absolute Gasteiger partial charge is 0.504 e. The maximum Gasteiger partial charge on any atom is 0.160 e. The van der Waals surface area contributed by atoms with Gasteiger partial charge in [0.05, 0.1) is 7.11 Å². The lowest BCUT2D eigenvalue weighted by molar-refractivity contribution is 0.127. The van der Waals surface area contributed by atoms with E-state index < -0.39 is 0 Å². The van der Waals surface area contributed by atoms with Crippen LogP contribution in [0.25, 0.3) is 0 Å². The summed E-state index contributed by atoms with van der Waals surface area (Å²) >= 11 is 0. The fourth-order valence-electron chi connectivity index (χ4n) is 2.91. The molecule has 0 atom stereocenters. The van der Waals surface area contributed by atoms with Crippen LogP contribution < -0.4 is 4.74 Å². The molecule has 1 saturated heterocycles. The van der Waals surface area contributed by atoms with Gasteiger partial charge < -0.3 is 14.7 Å². The molecule has 0 aromatic heterocycles. The van der Waals surface area contributed by atoms with Crippen molar-refractivity contribution in [3.8, 4) is 11.5 Å². The SMILES string of the molecule is CCN1CCC(N(C)Cc2ccc(O)c(OC)c2)CC1. The zero-order valence-electron chi connectivity index (χ0n) is 12.8. The Morgan fingerprint density at radius 2 is 2.05 bits per heavy atom. The highest BCUT2D eigenvalue weighted by atomic mass is 16.5. The third kappa shape index (κ3) is 3.64. The van der Waals surface area contributed by atoms with E-state index in [9.17, 15) is 5.11 Å². The zero-order valence-corrected chi connectivity index (χ0v) is 12.8. The summed E-state index contributed by atoms with van der Waals surface area (Å²) in [4.78, 5) is 4.92. The Morgan fingerprint density at radius 3 is 2.65 bits per heavy atom. The summed E-state index contributed by atoms with van der Waals surface area (Å²) in [6, 6.07) is 6.25. The van der Waals surface area contributed by atoms with Crippen LogP contribution in [0.2, 0.25) is 0 Å². The van der Waals surface area contributed by atoms with Crippen LogP contribution in [0.5, 0.6) is 11.5 Å². The minimum absolute atomic E-state index is 0.204. The van der Waals surface area contributed by atoms with Gasteiger partial charge in [-0.15, -0.1) is 0 Å². The van der Waals surface area contributed by atoms with Crippen LogP contribution in [0, 0.1) is 0 Å². The van der Waals surface area contributed by atoms with Gasteiger partial charge in [-0.1, -0.05) is 13.0 Å². The predicted octanol–water partition coefficient (Wildman–Crippen LogP) is 2.32. The highest BCUT2D eigenvalue weighted by Crippen LogP contribution is 2.27. The minimum atomic E-state index is 0.204. The fourth-order valence-corrected chi connectivity index (χ4v) is 2.91. The molecule has 2 rings (SSSR count). The van der Waals surface area contributed by atoms with E-state index in [1.54, 1.807) is 13.2 Å². The first-order valence-electron chi connectivity index (χ1n) is 7.42. The van der Waals surface area contributed by atoms with Crippen molar-refractivity contribution in [2.24, 2.45) is 0 Å². The van der Waals surface area contributed by atoms with Gasteiger partial charge >= 0.3 is 0 Å². The highest BCUT2D eigenvalue weighted by Gasteiger charge is 2.21. The van der Waals surface area contributed by atoms with Crippen LogP contribution in [0.4, 0.5) is 0 Å². The number of likely N-dealkylation sites (tertiary alicyclic amines) is 1. The van der Waals surface area contributed by atoms with E-state index in [0.717, 1.165) is 13.1 Å². The van der Waals surface area contributed by atoms with Crippen molar-refractivity contribution < 1.29 is 9.84 Å². The molecule has 0 bridgehead atoms. The quantitative estimate of drug-likeness (QED) is 0.896. The normalized spacial score (nSPS) is 17.6. The maximum atomic E-state index is 9.63. The Bertz CT molecular complexity index is 428. The summed E-state index contributed by atoms with van der Waals surface area (Å²) in [6.45, 7) is 6.68. The van der Waals surface area contributed by atoms with Crippen molar-refractivity contribution >= 4 is 0 Å². The van der Waals surface area contributed by atoms with Crippen molar-refractivity contribution in [1.29, 1.82) is 0 Å². The van der Waals surface area contributed by atoms with Crippen LogP contribution in [0.1, 0.15) is 25.3 Å². The Kier molecular flexibility index (Phi) is 5.26. The average molecular weight is 278 g/mol. The molecule has 0 radical (unpaired) electrons. The molecule has 20 heavy (non-hydrogen) atoms. The summed E-state index contributed by atoms with van der Waals surface area (Å²) in [5.41, 5.74) is 1.18. The molecule has 1 aromatic carbocycles. The van der Waals surface area contributed by atoms with E-state index in [2.05, 4.69) is 23.8 Å². The number of benzene rings is 1. The summed E-state index contributed by atoms with van der Waals surface area (Å²) in [7, 11) is 3.77. The second kappa shape index (κ2) is 6.95. The van der Waals surface area contributed by atoms with Gasteiger partial charge in [-0.2, -0.15) is 0 Å². The van der Waals surface area contributed by atoms with E-state index in [1.165, 1.54) is 31.5 Å². The van der Waals surface area contributed by atoms with Crippen LogP contribution in [-0.2, 0) is 6.54 Å². The van der Waals surface area contributed by atoms with Crippen molar-refractivity contribution in [3.05, 3.63) is 23.8 Å². The van der Waals surface area contributed by atoms with Crippen molar-refractivity contribution in [1.82, 2.24) is 9.80 Å². The standard InChI is InChI=1S/C16H26N2O2/c1-4-18-9-7-14(8-10-18)17(2)12-13-5-6-15(19)16(11-13)20-3/h5-6,11,14,19H,4,7-10,12H2,1-3H3. The maximum absolute atomic E-state index is 9.63. The molecule has 1 heterocycles. The molecule has 1 fully saturated rings. The number of hydrogen-bond acceptors (Lipinski definition) is 4. The van der Waals surface area contributed by atoms with Crippen LogP contribution in [-0.4, -0.2) is 54.7 Å². The lowest BCUT2D eigenvalue weighted by Gasteiger charge is -2.36. The molecule has 4 nitrogen and oxygen atoms in total. The molecule has 0 spiro atoms. The highest BCUT2D eigenvalue weighted by molar-refractivity contribution is 5.41. The van der Waals surface area contributed by atoms with E-state index in [-0.39, 0.29) is 5.75 Å². The van der Waals surface area contributed by atoms with Gasteiger partial charge in [-0.05, 0) is 57.2 Å². The smallest absolute Gasteiger partial charge is 0.160 e. The molecule has 1 aliphatic heterocycles. The van der Waals surface area contributed by atoms with Crippen molar-refractivity contribution in [2.45, 2.75) is 32.4 Å². The third-order valence-electron chi connectivity index (χ3n) is 4.30. The van der Waals surface area contributed by atoms with Crippen molar-refractivity contribution in [2.75, 3.05) is 33.8 Å². The number of rotatable bonds is 5. The Morgan fingerprint density at radius 1 is 1.35 bits per heavy atom. The predicted molar refractivity (Wildman–Crippen MR) is 81.3 cm³/mol. The molecule has 1 aromatic rings. The molecule has 0 unspecified atom stereocenters. The van der Waals surface area contributed by atoms with Crippen LogP contribution >= 0.6 is 0 Å². The Labute approximate surface area is 122 Å². The van der Waals surface area contributed by atoms with E-state index in [0.29, 0.717) is 11.8 Å². The number of hydrogen-bond donors (Lipinski definition) is 1. The summed E-state index contributed by atoms with van der Waals surface area (Å²) < 4.78 is 5.17.